The van der Waals surface area contributed by atoms with Crippen LogP contribution in [0.2, 0.25) is 0 Å². The van der Waals surface area contributed by atoms with E-state index < -0.39 is 5.41 Å². The lowest BCUT2D eigenvalue weighted by molar-refractivity contribution is 0.590. The molecule has 0 atom stereocenters. The van der Waals surface area contributed by atoms with Crippen molar-refractivity contribution in [3.8, 4) is 78.1 Å². The van der Waals surface area contributed by atoms with E-state index in [9.17, 15) is 0 Å². The number of anilines is 6. The molecule has 0 unspecified atom stereocenters. The van der Waals surface area contributed by atoms with Crippen molar-refractivity contribution in [2.75, 3.05) is 9.80 Å². The van der Waals surface area contributed by atoms with Crippen LogP contribution in [0.15, 0.2) is 352 Å². The van der Waals surface area contributed by atoms with E-state index in [0.717, 1.165) is 112 Å². The minimum Gasteiger partial charge on any atom is -0.310 e. The lowest BCUT2D eigenvalue weighted by atomic mass is 9.33. The quantitative estimate of drug-likeness (QED) is 0.0771. The summed E-state index contributed by atoms with van der Waals surface area (Å²) in [6.45, 7) is 35.4. The van der Waals surface area contributed by atoms with Gasteiger partial charge >= 0.3 is 0 Å². The van der Waals surface area contributed by atoms with Gasteiger partial charge in [0.25, 0.3) is 6.71 Å². The second-order valence-electron chi connectivity index (χ2n) is 42.8. The van der Waals surface area contributed by atoms with Gasteiger partial charge in [-0.15, -0.1) is 0 Å². The zero-order chi connectivity index (χ0) is 89.1. The lowest BCUT2D eigenvalue weighted by Gasteiger charge is -2.46. The maximum Gasteiger partial charge on any atom is 0.252 e. The maximum absolute atomic E-state index is 2.82. The largest absolute Gasteiger partial charge is 0.310 e. The van der Waals surface area contributed by atoms with Crippen molar-refractivity contribution >= 4 is 165 Å². The third-order valence-electron chi connectivity index (χ3n) is 29.6. The average molecular weight is 1680 g/mol. The van der Waals surface area contributed by atoms with Crippen LogP contribution in [0.1, 0.15) is 132 Å². The zero-order valence-corrected chi connectivity index (χ0v) is 77.4. The summed E-state index contributed by atoms with van der Waals surface area (Å²) in [4.78, 5) is 5.63. The van der Waals surface area contributed by atoms with Gasteiger partial charge in [0, 0.05) is 77.9 Å². The number of benzene rings is 21. The molecular formula is C126H103BN4. The van der Waals surface area contributed by atoms with Crippen LogP contribution < -0.4 is 26.2 Å². The predicted octanol–water partition coefficient (Wildman–Crippen LogP) is 33.1. The van der Waals surface area contributed by atoms with E-state index in [1.54, 1.807) is 0 Å². The van der Waals surface area contributed by atoms with Crippen LogP contribution in [0.3, 0.4) is 0 Å². The molecule has 0 saturated heterocycles. The molecule has 0 N–H and O–H groups in total. The van der Waals surface area contributed by atoms with Crippen LogP contribution in [-0.2, 0) is 27.1 Å². The Labute approximate surface area is 767 Å². The molecule has 21 aromatic carbocycles. The molecule has 5 heteroatoms. The Bertz CT molecular complexity index is 7820. The van der Waals surface area contributed by atoms with Crippen molar-refractivity contribution in [2.24, 2.45) is 0 Å². The van der Waals surface area contributed by atoms with E-state index in [4.69, 9.17) is 0 Å². The van der Waals surface area contributed by atoms with E-state index in [0.29, 0.717) is 0 Å². The van der Waals surface area contributed by atoms with Crippen LogP contribution in [-0.4, -0.2) is 15.8 Å². The molecular weight excluding hydrogens is 1580 g/mol. The topological polar surface area (TPSA) is 16.3 Å². The normalized spacial score (nSPS) is 13.4. The average Bonchev–Trinajstić information content (AvgIpc) is 1.65. The van der Waals surface area contributed by atoms with Crippen molar-refractivity contribution in [1.29, 1.82) is 0 Å². The first-order chi connectivity index (χ1) is 63.1. The molecule has 0 fully saturated rings. The van der Waals surface area contributed by atoms with Crippen molar-refractivity contribution < 1.29 is 0 Å². The van der Waals surface area contributed by atoms with Gasteiger partial charge in [-0.25, -0.2) is 0 Å². The van der Waals surface area contributed by atoms with Crippen LogP contribution in [0.5, 0.6) is 0 Å². The van der Waals surface area contributed by atoms with Gasteiger partial charge in [0.05, 0.1) is 33.4 Å². The number of hydrogen-bond acceptors (Lipinski definition) is 2. The second-order valence-corrected chi connectivity index (χ2v) is 42.8. The van der Waals surface area contributed by atoms with Crippen LogP contribution >= 0.6 is 0 Å². The van der Waals surface area contributed by atoms with Crippen LogP contribution in [0, 0.1) is 0 Å². The SMILES string of the molecule is CC(C)(C)c1cccc(-c2cc(-c3ccccc3)cc(-c3cccc(C(C)(C)C)c3)c2N2c3cc(-n4c5ccc6cccc7c8cccc9ccc4c(c98)c5c67)ccc3B3c4ccc(-n5c6ccc7cccc8c9cccc%10ccc5c(c%109)c6c78)cc4N(c4c(-c5cccc(C(C)(C)C)c5)cc(-c5ccccc5)cc4-c4cccc(C(C)(C)C)c4)c4cc(C(C)(C)C)cc2c43)c1. The smallest absolute Gasteiger partial charge is 0.252 e. The zero-order valence-electron chi connectivity index (χ0n) is 77.4. The number of rotatable bonds is 10. The van der Waals surface area contributed by atoms with Gasteiger partial charge in [-0.1, -0.05) is 371 Å². The lowest BCUT2D eigenvalue weighted by Crippen LogP contribution is -2.61. The molecule has 2 aliphatic heterocycles. The molecule has 0 saturated carbocycles. The first-order valence-electron chi connectivity index (χ1n) is 47.0. The predicted molar refractivity (Wildman–Crippen MR) is 565 cm³/mol. The van der Waals surface area contributed by atoms with Gasteiger partial charge in [-0.2, -0.15) is 0 Å². The summed E-state index contributed by atoms with van der Waals surface area (Å²) in [6.07, 6.45) is 0. The van der Waals surface area contributed by atoms with Crippen LogP contribution in [0.25, 0.3) is 186 Å². The van der Waals surface area contributed by atoms with Crippen molar-refractivity contribution in [3.05, 3.63) is 380 Å². The highest BCUT2D eigenvalue weighted by Crippen LogP contribution is 2.59. The third-order valence-corrected chi connectivity index (χ3v) is 29.6. The summed E-state index contributed by atoms with van der Waals surface area (Å²) in [5, 5.41) is 20.7. The Morgan fingerprint density at radius 3 is 0.756 bits per heavy atom. The van der Waals surface area contributed by atoms with Crippen molar-refractivity contribution in [2.45, 2.75) is 131 Å². The summed E-state index contributed by atoms with van der Waals surface area (Å²) < 4.78 is 5.26. The van der Waals surface area contributed by atoms with Gasteiger partial charge < -0.3 is 18.9 Å². The van der Waals surface area contributed by atoms with Gasteiger partial charge in [0.1, 0.15) is 0 Å². The molecule has 0 amide bonds. The fraction of sp³-hybridized carbons (Fsp3) is 0.159. The highest BCUT2D eigenvalue weighted by molar-refractivity contribution is 7.00. The molecule has 131 heavy (non-hydrogen) atoms. The molecule has 0 bridgehead atoms. The number of nitrogens with zero attached hydrogens (tertiary/aromatic N) is 4. The molecule has 4 heterocycles. The molecule has 4 nitrogen and oxygen atoms in total. The first-order valence-corrected chi connectivity index (χ1v) is 47.0. The van der Waals surface area contributed by atoms with E-state index in [1.807, 2.05) is 0 Å². The molecule has 25 rings (SSSR count). The second kappa shape index (κ2) is 28.0. The first kappa shape index (κ1) is 78.7. The molecule has 0 aliphatic carbocycles. The van der Waals surface area contributed by atoms with Gasteiger partial charge in [-0.05, 0) is 265 Å². The maximum atomic E-state index is 2.82. The summed E-state index contributed by atoms with van der Waals surface area (Å²) in [5.41, 5.74) is 36.4. The molecule has 2 aliphatic rings. The fourth-order valence-corrected chi connectivity index (χ4v) is 22.9. The summed E-state index contributed by atoms with van der Waals surface area (Å²) in [7, 11) is 0. The number of hydrogen-bond donors (Lipinski definition) is 0. The molecule has 2 aromatic heterocycles. The van der Waals surface area contributed by atoms with Gasteiger partial charge in [-0.3, -0.25) is 0 Å². The monoisotopic (exact) mass is 1680 g/mol. The van der Waals surface area contributed by atoms with Crippen molar-refractivity contribution in [3.63, 3.8) is 0 Å². The van der Waals surface area contributed by atoms with E-state index >= 15 is 0 Å². The van der Waals surface area contributed by atoms with Crippen molar-refractivity contribution in [1.82, 2.24) is 9.13 Å². The summed E-state index contributed by atoms with van der Waals surface area (Å²) in [6, 6.07) is 138. The van der Waals surface area contributed by atoms with Crippen LogP contribution in [0.4, 0.5) is 34.1 Å². The Morgan fingerprint density at radius 1 is 0.198 bits per heavy atom. The van der Waals surface area contributed by atoms with E-state index in [1.165, 1.54) is 152 Å². The summed E-state index contributed by atoms with van der Waals surface area (Å²) >= 11 is 0. The Morgan fingerprint density at radius 2 is 0.473 bits per heavy atom. The Hall–Kier alpha value is -14.5. The van der Waals surface area contributed by atoms with E-state index in [2.05, 4.69) is 475 Å². The summed E-state index contributed by atoms with van der Waals surface area (Å²) in [5.74, 6) is 0. The number of fused-ring (bicyclic) bond motifs is 6. The van der Waals surface area contributed by atoms with E-state index in [-0.39, 0.29) is 28.4 Å². The van der Waals surface area contributed by atoms with Gasteiger partial charge in [0.2, 0.25) is 0 Å². The van der Waals surface area contributed by atoms with Gasteiger partial charge in [0.15, 0.2) is 0 Å². The molecule has 0 radical (unpaired) electrons. The number of aromatic nitrogens is 2. The Kier molecular flexibility index (Phi) is 16.8. The highest BCUT2D eigenvalue weighted by Gasteiger charge is 2.47. The third kappa shape index (κ3) is 11.9. The minimum atomic E-state index is -0.421. The standard InChI is InChI=1S/C126H103BN4/c1-122(2,3)86-42-22-38-80(62-86)97-66-84(74-30-18-16-19-31-74)67-98(81-39-23-43-87(63-81)123(4,5)6)120(97)130-107-72-91(128-103-58-50-76-34-26-46-93-94-47-27-35-77-51-59-104(128)116(112(77)94)115(103)111(76)93)54-56-101(107)127-102-57-55-92(129-105-60-52-78-36-28-48-95-96-49-29-37-79-53-61-106(129)118(114(79)96)117(105)113(78)95)73-108(102)131(110-71-90(126(13,14)15)70-109(130)119(110)127)121-99(82-40-24-44-88(64-82)124(7,8)9)68-85(75-32-20-17-21-33-75)69-100(121)83-41-25-45-89(65-83)125(10,11)12/h16-73H,1-15H3. The Balaban J connectivity index is 0.877. The minimum absolute atomic E-state index is 0.180. The molecule has 630 valence electrons. The highest BCUT2D eigenvalue weighted by atomic mass is 15.2. The fourth-order valence-electron chi connectivity index (χ4n) is 22.9. The molecule has 0 spiro atoms. The molecule has 23 aromatic rings.